The molecule has 0 spiro atoms. The summed E-state index contributed by atoms with van der Waals surface area (Å²) in [5, 5.41) is 0.883. The second-order valence-corrected chi connectivity index (χ2v) is 4.26. The predicted molar refractivity (Wildman–Crippen MR) is 63.3 cm³/mol. The fourth-order valence-corrected chi connectivity index (χ4v) is 1.96. The van der Waals surface area contributed by atoms with Crippen molar-refractivity contribution in [3.05, 3.63) is 33.3 Å². The maximum absolute atomic E-state index is 11.6. The Bertz CT molecular complexity index is 369. The third-order valence-electron chi connectivity index (χ3n) is 1.92. The van der Waals surface area contributed by atoms with Gasteiger partial charge in [-0.15, -0.1) is 0 Å². The molecule has 0 aliphatic carbocycles. The van der Waals surface area contributed by atoms with Crippen LogP contribution >= 0.6 is 32.4 Å². The molecule has 0 unspecified atom stereocenters. The molecule has 0 N–H and O–H groups in total. The van der Waals surface area contributed by atoms with Gasteiger partial charge in [-0.1, -0.05) is 29.3 Å². The first-order chi connectivity index (χ1) is 6.57. The van der Waals surface area contributed by atoms with Gasteiger partial charge in [-0.05, 0) is 25.0 Å². The van der Waals surface area contributed by atoms with Gasteiger partial charge in [-0.3, -0.25) is 4.79 Å². The molecule has 1 rings (SSSR count). The van der Waals surface area contributed by atoms with Gasteiger partial charge >= 0.3 is 18.9 Å². The standard InChI is InChI=1S/C10H10Cl2OP.Li/c1-6-2-3-7(11)9(10(6)12)8(13)4-5-14;/h2-3,14H,4-5H2,1H3;/q-1;+1. The number of hydrogen-bond acceptors (Lipinski definition) is 1. The van der Waals surface area contributed by atoms with Crippen molar-refractivity contribution < 1.29 is 23.7 Å². The van der Waals surface area contributed by atoms with Gasteiger partial charge in [-0.2, -0.15) is 6.16 Å². The summed E-state index contributed by atoms with van der Waals surface area (Å²) in [5.41, 5.74) is 1.31. The first-order valence-electron chi connectivity index (χ1n) is 4.20. The number of benzene rings is 1. The SMILES string of the molecule is Cc1ccc(Cl)c(C(=O)CC[PH-])c1Cl.[Li+]. The van der Waals surface area contributed by atoms with E-state index in [2.05, 4.69) is 9.24 Å². The second kappa shape index (κ2) is 6.95. The number of carbonyl (C=O) groups excluding carboxylic acids is 1. The number of ketones is 1. The summed E-state index contributed by atoms with van der Waals surface area (Å²) in [5.74, 6) is -0.0290. The van der Waals surface area contributed by atoms with Crippen LogP contribution in [0.4, 0.5) is 0 Å². The van der Waals surface area contributed by atoms with Crippen LogP contribution in [0, 0.1) is 6.92 Å². The van der Waals surface area contributed by atoms with Crippen LogP contribution in [-0.4, -0.2) is 11.9 Å². The summed E-state index contributed by atoms with van der Waals surface area (Å²) >= 11 is 11.9. The Morgan fingerprint density at radius 3 is 2.53 bits per heavy atom. The van der Waals surface area contributed by atoms with Crippen molar-refractivity contribution in [2.45, 2.75) is 13.3 Å². The van der Waals surface area contributed by atoms with E-state index < -0.39 is 0 Å². The van der Waals surface area contributed by atoms with E-state index in [9.17, 15) is 4.79 Å². The minimum Gasteiger partial charge on any atom is -0.558 e. The van der Waals surface area contributed by atoms with Crippen LogP contribution in [0.1, 0.15) is 22.3 Å². The van der Waals surface area contributed by atoms with Gasteiger partial charge in [0.2, 0.25) is 0 Å². The Hall–Kier alpha value is 0.497. The molecule has 76 valence electrons. The summed E-state index contributed by atoms with van der Waals surface area (Å²) in [7, 11) is 3.25. The summed E-state index contributed by atoms with van der Waals surface area (Å²) in [6, 6.07) is 3.50. The Morgan fingerprint density at radius 1 is 1.40 bits per heavy atom. The molecule has 0 aliphatic heterocycles. The Kier molecular flexibility index (Phi) is 7.18. The van der Waals surface area contributed by atoms with Crippen LogP contribution in [0.15, 0.2) is 12.1 Å². The van der Waals surface area contributed by atoms with Gasteiger partial charge in [0.25, 0.3) is 0 Å². The van der Waals surface area contributed by atoms with Gasteiger partial charge in [0.05, 0.1) is 15.6 Å². The minimum atomic E-state index is -0.0290. The summed E-state index contributed by atoms with van der Waals surface area (Å²) < 4.78 is 0. The fourth-order valence-electron chi connectivity index (χ4n) is 1.15. The van der Waals surface area contributed by atoms with Crippen LogP contribution in [-0.2, 0) is 0 Å². The van der Waals surface area contributed by atoms with Crippen molar-refractivity contribution in [3.8, 4) is 0 Å². The molecule has 1 aromatic carbocycles. The number of aryl methyl sites for hydroxylation is 1. The molecule has 1 aromatic rings. The minimum absolute atomic E-state index is 0. The van der Waals surface area contributed by atoms with E-state index in [1.54, 1.807) is 12.1 Å². The third kappa shape index (κ3) is 3.77. The number of carbonyl (C=O) groups is 1. The fraction of sp³-hybridized carbons (Fsp3) is 0.300. The molecule has 15 heavy (non-hydrogen) atoms. The van der Waals surface area contributed by atoms with E-state index in [-0.39, 0.29) is 24.6 Å². The van der Waals surface area contributed by atoms with Gasteiger partial charge in [0.1, 0.15) is 0 Å². The van der Waals surface area contributed by atoms with Crippen LogP contribution in [0.3, 0.4) is 0 Å². The molecule has 0 fully saturated rings. The maximum Gasteiger partial charge on any atom is 1.00 e. The molecule has 0 amide bonds. The van der Waals surface area contributed by atoms with Crippen molar-refractivity contribution >= 4 is 38.2 Å². The summed E-state index contributed by atoms with van der Waals surface area (Å²) in [4.78, 5) is 11.6. The molecule has 5 heteroatoms. The summed E-state index contributed by atoms with van der Waals surface area (Å²) in [6.07, 6.45) is 1.01. The average molecular weight is 255 g/mol. The number of rotatable bonds is 3. The zero-order valence-electron chi connectivity index (χ0n) is 8.73. The van der Waals surface area contributed by atoms with E-state index in [0.29, 0.717) is 28.2 Å². The van der Waals surface area contributed by atoms with Crippen molar-refractivity contribution in [1.82, 2.24) is 0 Å². The van der Waals surface area contributed by atoms with E-state index in [4.69, 9.17) is 23.2 Å². The van der Waals surface area contributed by atoms with Crippen LogP contribution in [0.25, 0.3) is 0 Å². The zero-order valence-corrected chi connectivity index (χ0v) is 11.2. The molecule has 0 radical (unpaired) electrons. The first-order valence-corrected chi connectivity index (χ1v) is 5.66. The number of Topliss-reactive ketones (excluding diaryl/α,β-unsaturated/α-hetero) is 1. The monoisotopic (exact) mass is 254 g/mol. The predicted octanol–water partition coefficient (Wildman–Crippen LogP) is 1.02. The molecular weight excluding hydrogens is 245 g/mol. The van der Waals surface area contributed by atoms with Crippen LogP contribution in [0.2, 0.25) is 10.0 Å². The number of halogens is 2. The van der Waals surface area contributed by atoms with Crippen LogP contribution in [0.5, 0.6) is 0 Å². The van der Waals surface area contributed by atoms with Gasteiger partial charge in [0, 0.05) is 0 Å². The largest absolute Gasteiger partial charge is 1.00 e. The molecule has 0 saturated carbocycles. The van der Waals surface area contributed by atoms with Crippen molar-refractivity contribution in [3.63, 3.8) is 0 Å². The van der Waals surface area contributed by atoms with Crippen LogP contribution < -0.4 is 18.9 Å². The van der Waals surface area contributed by atoms with Gasteiger partial charge in [-0.25, -0.2) is 0 Å². The van der Waals surface area contributed by atoms with Crippen molar-refractivity contribution in [2.24, 2.45) is 0 Å². The van der Waals surface area contributed by atoms with E-state index in [1.807, 2.05) is 6.92 Å². The van der Waals surface area contributed by atoms with E-state index >= 15 is 0 Å². The van der Waals surface area contributed by atoms with E-state index in [0.717, 1.165) is 5.56 Å². The molecule has 0 bridgehead atoms. The van der Waals surface area contributed by atoms with Crippen molar-refractivity contribution in [2.75, 3.05) is 6.16 Å². The smallest absolute Gasteiger partial charge is 0.558 e. The molecule has 0 saturated heterocycles. The summed E-state index contributed by atoms with van der Waals surface area (Å²) in [6.45, 7) is 1.85. The second-order valence-electron chi connectivity index (χ2n) is 2.98. The molecule has 1 nitrogen and oxygen atoms in total. The molecule has 0 atom stereocenters. The number of hydrogen-bond donors (Lipinski definition) is 0. The topological polar surface area (TPSA) is 17.1 Å². The Balaban J connectivity index is 0.00000196. The molecule has 0 aromatic heterocycles. The zero-order chi connectivity index (χ0) is 10.7. The molecular formula is C10H10Cl2LiOP. The van der Waals surface area contributed by atoms with Gasteiger partial charge in [0.15, 0.2) is 5.78 Å². The Morgan fingerprint density at radius 2 is 2.00 bits per heavy atom. The van der Waals surface area contributed by atoms with E-state index in [1.165, 1.54) is 0 Å². The Labute approximate surface area is 114 Å². The van der Waals surface area contributed by atoms with Crippen molar-refractivity contribution in [1.29, 1.82) is 0 Å². The van der Waals surface area contributed by atoms with Gasteiger partial charge < -0.3 is 9.24 Å². The average Bonchev–Trinajstić information content (AvgIpc) is 2.13. The molecule has 0 heterocycles. The first kappa shape index (κ1) is 15.5. The molecule has 0 aliphatic rings. The normalized spacial score (nSPS) is 9.60. The quantitative estimate of drug-likeness (QED) is 0.447. The third-order valence-corrected chi connectivity index (χ3v) is 2.97. The maximum atomic E-state index is 11.6.